The predicted octanol–water partition coefficient (Wildman–Crippen LogP) is 2.77. The molecule has 3 rings (SSSR count). The van der Waals surface area contributed by atoms with Gasteiger partial charge in [0, 0.05) is 22.9 Å². The van der Waals surface area contributed by atoms with Gasteiger partial charge in [0.1, 0.15) is 5.82 Å². The van der Waals surface area contributed by atoms with Gasteiger partial charge in [0.05, 0.1) is 11.1 Å². The highest BCUT2D eigenvalue weighted by molar-refractivity contribution is 9.10. The molecule has 106 valence electrons. The van der Waals surface area contributed by atoms with Crippen molar-refractivity contribution in [3.05, 3.63) is 51.4 Å². The van der Waals surface area contributed by atoms with E-state index in [-0.39, 0.29) is 23.1 Å². The third kappa shape index (κ3) is 2.50. The number of nitrogens with zero attached hydrogens (tertiary/aromatic N) is 4. The third-order valence-corrected chi connectivity index (χ3v) is 3.18. The number of nitro benzene ring substituents is 1. The molecule has 8 nitrogen and oxygen atoms in total. The van der Waals surface area contributed by atoms with Crippen molar-refractivity contribution in [3.8, 4) is 11.6 Å². The summed E-state index contributed by atoms with van der Waals surface area (Å²) >= 11 is 3.18. The lowest BCUT2D eigenvalue weighted by Gasteiger charge is -2.07. The van der Waals surface area contributed by atoms with E-state index >= 15 is 0 Å². The quantitative estimate of drug-likeness (QED) is 0.575. The highest BCUT2D eigenvalue weighted by Crippen LogP contribution is 2.34. The van der Waals surface area contributed by atoms with Gasteiger partial charge in [-0.15, -0.1) is 0 Å². The van der Waals surface area contributed by atoms with Gasteiger partial charge < -0.3 is 10.5 Å². The van der Waals surface area contributed by atoms with Crippen LogP contribution in [-0.2, 0) is 0 Å². The molecule has 0 spiro atoms. The van der Waals surface area contributed by atoms with Crippen LogP contribution < -0.4 is 10.5 Å². The zero-order valence-electron chi connectivity index (χ0n) is 10.4. The third-order valence-electron chi connectivity index (χ3n) is 2.69. The SMILES string of the molecule is Nc1cn2ccnc2c(Oc2ccc(Br)cc2[N+](=O)[O-])n1. The van der Waals surface area contributed by atoms with Gasteiger partial charge in [-0.1, -0.05) is 15.9 Å². The molecule has 0 radical (unpaired) electrons. The molecule has 0 saturated heterocycles. The molecule has 0 aliphatic rings. The maximum absolute atomic E-state index is 11.1. The number of rotatable bonds is 3. The van der Waals surface area contributed by atoms with Crippen molar-refractivity contribution in [1.29, 1.82) is 0 Å². The Hall–Kier alpha value is -2.68. The van der Waals surface area contributed by atoms with E-state index in [1.807, 2.05) is 0 Å². The second-order valence-corrected chi connectivity index (χ2v) is 5.02. The van der Waals surface area contributed by atoms with Gasteiger partial charge in [0.2, 0.25) is 11.4 Å². The lowest BCUT2D eigenvalue weighted by molar-refractivity contribution is -0.385. The Labute approximate surface area is 126 Å². The first-order valence-corrected chi connectivity index (χ1v) is 6.55. The van der Waals surface area contributed by atoms with E-state index in [0.717, 1.165) is 0 Å². The Kier molecular flexibility index (Phi) is 3.18. The minimum Gasteiger partial charge on any atom is -0.428 e. The average molecular weight is 350 g/mol. The summed E-state index contributed by atoms with van der Waals surface area (Å²) in [5, 5.41) is 11.1. The highest BCUT2D eigenvalue weighted by atomic mass is 79.9. The summed E-state index contributed by atoms with van der Waals surface area (Å²) in [6.45, 7) is 0. The van der Waals surface area contributed by atoms with Crippen LogP contribution in [0.1, 0.15) is 0 Å². The summed E-state index contributed by atoms with van der Waals surface area (Å²) in [6, 6.07) is 4.47. The fourth-order valence-electron chi connectivity index (χ4n) is 1.81. The van der Waals surface area contributed by atoms with Gasteiger partial charge in [0.15, 0.2) is 0 Å². The number of fused-ring (bicyclic) bond motifs is 1. The molecule has 0 aliphatic heterocycles. The predicted molar refractivity (Wildman–Crippen MR) is 78.3 cm³/mol. The number of imidazole rings is 1. The van der Waals surface area contributed by atoms with Crippen molar-refractivity contribution in [2.75, 3.05) is 5.73 Å². The molecule has 0 saturated carbocycles. The van der Waals surface area contributed by atoms with Crippen LogP contribution in [0.3, 0.4) is 0 Å². The molecule has 0 unspecified atom stereocenters. The van der Waals surface area contributed by atoms with Gasteiger partial charge in [-0.05, 0) is 12.1 Å². The lowest BCUT2D eigenvalue weighted by atomic mass is 10.3. The number of hydrogen-bond acceptors (Lipinski definition) is 6. The molecule has 0 amide bonds. The average Bonchev–Trinajstić information content (AvgIpc) is 2.88. The van der Waals surface area contributed by atoms with Gasteiger partial charge in [-0.2, -0.15) is 4.98 Å². The molecular weight excluding hydrogens is 342 g/mol. The first-order chi connectivity index (χ1) is 10.0. The topological polar surface area (TPSA) is 109 Å². The Morgan fingerprint density at radius 2 is 2.24 bits per heavy atom. The number of benzene rings is 1. The van der Waals surface area contributed by atoms with Crippen LogP contribution in [0.25, 0.3) is 5.65 Å². The summed E-state index contributed by atoms with van der Waals surface area (Å²) in [5.41, 5.74) is 5.91. The minimum absolute atomic E-state index is 0.0613. The molecule has 9 heteroatoms. The summed E-state index contributed by atoms with van der Waals surface area (Å²) in [7, 11) is 0. The summed E-state index contributed by atoms with van der Waals surface area (Å²) < 4.78 is 7.75. The lowest BCUT2D eigenvalue weighted by Crippen LogP contribution is -2.00. The Bertz CT molecular complexity index is 848. The fourth-order valence-corrected chi connectivity index (χ4v) is 2.16. The number of anilines is 1. The number of halogens is 1. The zero-order valence-corrected chi connectivity index (χ0v) is 12.0. The van der Waals surface area contributed by atoms with Crippen LogP contribution in [0.15, 0.2) is 41.3 Å². The Balaban J connectivity index is 2.10. The van der Waals surface area contributed by atoms with Gasteiger partial charge in [-0.3, -0.25) is 14.5 Å². The molecular formula is C12H8BrN5O3. The Morgan fingerprint density at radius 1 is 1.43 bits per heavy atom. The first-order valence-electron chi connectivity index (χ1n) is 5.75. The van der Waals surface area contributed by atoms with Gasteiger partial charge >= 0.3 is 5.69 Å². The number of nitrogen functional groups attached to an aromatic ring is 1. The summed E-state index contributed by atoms with van der Waals surface area (Å²) in [4.78, 5) is 18.7. The van der Waals surface area contributed by atoms with Crippen molar-refractivity contribution in [2.45, 2.75) is 0 Å². The molecule has 21 heavy (non-hydrogen) atoms. The second-order valence-electron chi connectivity index (χ2n) is 4.10. The van der Waals surface area contributed by atoms with Crippen LogP contribution in [0, 0.1) is 10.1 Å². The molecule has 0 atom stereocenters. The Morgan fingerprint density at radius 3 is 3.00 bits per heavy atom. The normalized spacial score (nSPS) is 10.7. The maximum Gasteiger partial charge on any atom is 0.312 e. The molecule has 1 aromatic carbocycles. The number of aromatic nitrogens is 3. The van der Waals surface area contributed by atoms with E-state index in [1.165, 1.54) is 12.1 Å². The molecule has 0 bridgehead atoms. The van der Waals surface area contributed by atoms with E-state index in [0.29, 0.717) is 10.1 Å². The molecule has 2 aromatic heterocycles. The second kappa shape index (κ2) is 5.02. The van der Waals surface area contributed by atoms with Crippen LogP contribution >= 0.6 is 15.9 Å². The number of nitrogens with two attached hydrogens (primary N) is 1. The van der Waals surface area contributed by atoms with Crippen LogP contribution in [0.5, 0.6) is 11.6 Å². The number of nitro groups is 1. The van der Waals surface area contributed by atoms with Crippen molar-refractivity contribution in [1.82, 2.24) is 14.4 Å². The standard InChI is InChI=1S/C12H8BrN5O3/c13-7-1-2-9(8(5-7)18(19)20)21-12-11-15-3-4-17(11)6-10(14)16-12/h1-6H,14H2. The van der Waals surface area contributed by atoms with E-state index in [1.54, 1.807) is 29.1 Å². The van der Waals surface area contributed by atoms with E-state index in [2.05, 4.69) is 25.9 Å². The van der Waals surface area contributed by atoms with Crippen LogP contribution in [0.2, 0.25) is 0 Å². The monoisotopic (exact) mass is 349 g/mol. The summed E-state index contributed by atoms with van der Waals surface area (Å²) in [6.07, 6.45) is 4.81. The van der Waals surface area contributed by atoms with E-state index in [9.17, 15) is 10.1 Å². The zero-order chi connectivity index (χ0) is 15.0. The number of ether oxygens (including phenoxy) is 1. The van der Waals surface area contributed by atoms with Crippen LogP contribution in [-0.4, -0.2) is 19.3 Å². The van der Waals surface area contributed by atoms with Gasteiger partial charge in [0.25, 0.3) is 5.88 Å². The van der Waals surface area contributed by atoms with Crippen molar-refractivity contribution >= 4 is 33.1 Å². The van der Waals surface area contributed by atoms with Crippen molar-refractivity contribution in [2.24, 2.45) is 0 Å². The molecule has 3 aromatic rings. The van der Waals surface area contributed by atoms with Gasteiger partial charge in [-0.25, -0.2) is 4.98 Å². The smallest absolute Gasteiger partial charge is 0.312 e. The van der Waals surface area contributed by atoms with E-state index in [4.69, 9.17) is 10.5 Å². The largest absolute Gasteiger partial charge is 0.428 e. The van der Waals surface area contributed by atoms with Crippen LogP contribution in [0.4, 0.5) is 11.5 Å². The fraction of sp³-hybridized carbons (Fsp3) is 0. The molecule has 2 N–H and O–H groups in total. The summed E-state index contributed by atoms with van der Waals surface area (Å²) in [5.74, 6) is 0.381. The molecule has 0 fully saturated rings. The molecule has 0 aliphatic carbocycles. The maximum atomic E-state index is 11.1. The highest BCUT2D eigenvalue weighted by Gasteiger charge is 2.18. The first kappa shape index (κ1) is 13.3. The van der Waals surface area contributed by atoms with Crippen molar-refractivity contribution < 1.29 is 9.66 Å². The number of hydrogen-bond donors (Lipinski definition) is 1. The van der Waals surface area contributed by atoms with Crippen molar-refractivity contribution in [3.63, 3.8) is 0 Å². The minimum atomic E-state index is -0.533. The van der Waals surface area contributed by atoms with E-state index < -0.39 is 4.92 Å². The molecule has 2 heterocycles.